The highest BCUT2D eigenvalue weighted by Crippen LogP contribution is 2.26. The lowest BCUT2D eigenvalue weighted by atomic mass is 10.0. The SMILES string of the molecule is N#CCc1ccccc1C=C1CCCC1. The number of benzene rings is 1. The molecule has 0 saturated heterocycles. The van der Waals surface area contributed by atoms with Crippen LogP contribution in [0.1, 0.15) is 36.8 Å². The van der Waals surface area contributed by atoms with Crippen LogP contribution in [0.25, 0.3) is 6.08 Å². The Bertz CT molecular complexity index is 402. The fourth-order valence-corrected chi connectivity index (χ4v) is 2.11. The highest BCUT2D eigenvalue weighted by atomic mass is 14.2. The molecule has 0 aromatic heterocycles. The van der Waals surface area contributed by atoms with Gasteiger partial charge in [-0.15, -0.1) is 0 Å². The maximum atomic E-state index is 8.73. The molecule has 0 unspecified atom stereocenters. The molecular weight excluding hydrogens is 182 g/mol. The Balaban J connectivity index is 2.27. The van der Waals surface area contributed by atoms with Crippen LogP contribution in [-0.4, -0.2) is 0 Å². The quantitative estimate of drug-likeness (QED) is 0.709. The topological polar surface area (TPSA) is 23.8 Å². The van der Waals surface area contributed by atoms with Crippen LogP contribution in [0.5, 0.6) is 0 Å². The number of allylic oxidation sites excluding steroid dienone is 1. The molecule has 1 aliphatic rings. The van der Waals surface area contributed by atoms with Gasteiger partial charge in [-0.1, -0.05) is 35.9 Å². The highest BCUT2D eigenvalue weighted by molar-refractivity contribution is 5.57. The number of hydrogen-bond donors (Lipinski definition) is 0. The van der Waals surface area contributed by atoms with Crippen LogP contribution in [0, 0.1) is 11.3 Å². The Labute approximate surface area is 91.0 Å². The van der Waals surface area contributed by atoms with E-state index in [1.807, 2.05) is 18.2 Å². The van der Waals surface area contributed by atoms with Crippen LogP contribution in [0.4, 0.5) is 0 Å². The molecule has 0 spiro atoms. The maximum Gasteiger partial charge on any atom is 0.0669 e. The van der Waals surface area contributed by atoms with Crippen molar-refractivity contribution in [1.29, 1.82) is 5.26 Å². The summed E-state index contributed by atoms with van der Waals surface area (Å²) in [4.78, 5) is 0. The summed E-state index contributed by atoms with van der Waals surface area (Å²) in [5.41, 5.74) is 3.93. The summed E-state index contributed by atoms with van der Waals surface area (Å²) in [6.45, 7) is 0. The first-order valence-electron chi connectivity index (χ1n) is 5.54. The van der Waals surface area contributed by atoms with Crippen molar-refractivity contribution in [3.05, 3.63) is 41.0 Å². The van der Waals surface area contributed by atoms with E-state index in [0.717, 1.165) is 5.56 Å². The number of nitrogens with zero attached hydrogens (tertiary/aromatic N) is 1. The lowest BCUT2D eigenvalue weighted by molar-refractivity contribution is 0.886. The first-order chi connectivity index (χ1) is 7.40. The minimum Gasteiger partial charge on any atom is -0.198 e. The number of nitriles is 1. The molecular formula is C14H15N. The van der Waals surface area contributed by atoms with Crippen molar-refractivity contribution < 1.29 is 0 Å². The zero-order chi connectivity index (χ0) is 10.5. The second-order valence-electron chi connectivity index (χ2n) is 4.04. The van der Waals surface area contributed by atoms with Gasteiger partial charge in [0.25, 0.3) is 0 Å². The molecule has 1 fully saturated rings. The Hall–Kier alpha value is -1.55. The van der Waals surface area contributed by atoms with Gasteiger partial charge in [0.1, 0.15) is 0 Å². The van der Waals surface area contributed by atoms with Crippen molar-refractivity contribution in [3.8, 4) is 6.07 Å². The molecule has 1 aromatic rings. The number of hydrogen-bond acceptors (Lipinski definition) is 1. The molecule has 1 heteroatoms. The van der Waals surface area contributed by atoms with Gasteiger partial charge in [-0.25, -0.2) is 0 Å². The van der Waals surface area contributed by atoms with Gasteiger partial charge in [-0.2, -0.15) is 5.26 Å². The molecule has 0 bridgehead atoms. The third kappa shape index (κ3) is 2.47. The fourth-order valence-electron chi connectivity index (χ4n) is 2.11. The molecule has 0 N–H and O–H groups in total. The van der Waals surface area contributed by atoms with Crippen molar-refractivity contribution in [3.63, 3.8) is 0 Å². The monoisotopic (exact) mass is 197 g/mol. The highest BCUT2D eigenvalue weighted by Gasteiger charge is 2.07. The summed E-state index contributed by atoms with van der Waals surface area (Å²) in [5, 5.41) is 8.73. The smallest absolute Gasteiger partial charge is 0.0669 e. The van der Waals surface area contributed by atoms with Gasteiger partial charge >= 0.3 is 0 Å². The zero-order valence-electron chi connectivity index (χ0n) is 8.87. The number of rotatable bonds is 2. The second kappa shape index (κ2) is 4.79. The molecule has 0 atom stereocenters. The molecule has 0 aliphatic heterocycles. The molecule has 0 amide bonds. The summed E-state index contributed by atoms with van der Waals surface area (Å²) in [6.07, 6.45) is 7.92. The zero-order valence-corrected chi connectivity index (χ0v) is 8.87. The van der Waals surface area contributed by atoms with Gasteiger partial charge in [0.05, 0.1) is 12.5 Å². The van der Waals surface area contributed by atoms with Crippen molar-refractivity contribution in [2.24, 2.45) is 0 Å². The summed E-state index contributed by atoms with van der Waals surface area (Å²) in [7, 11) is 0. The van der Waals surface area contributed by atoms with Crippen LogP contribution in [0.3, 0.4) is 0 Å². The van der Waals surface area contributed by atoms with E-state index in [-0.39, 0.29) is 0 Å². The van der Waals surface area contributed by atoms with Gasteiger partial charge in [0.2, 0.25) is 0 Å². The summed E-state index contributed by atoms with van der Waals surface area (Å²) < 4.78 is 0. The lowest BCUT2D eigenvalue weighted by Gasteiger charge is -2.02. The molecule has 1 saturated carbocycles. The van der Waals surface area contributed by atoms with Crippen LogP contribution in [0.2, 0.25) is 0 Å². The van der Waals surface area contributed by atoms with E-state index in [9.17, 15) is 0 Å². The molecule has 2 rings (SSSR count). The van der Waals surface area contributed by atoms with E-state index < -0.39 is 0 Å². The third-order valence-electron chi connectivity index (χ3n) is 2.93. The molecule has 76 valence electrons. The van der Waals surface area contributed by atoms with E-state index >= 15 is 0 Å². The van der Waals surface area contributed by atoms with E-state index in [0.29, 0.717) is 6.42 Å². The van der Waals surface area contributed by atoms with E-state index in [2.05, 4.69) is 18.2 Å². The average molecular weight is 197 g/mol. The average Bonchev–Trinajstić information content (AvgIpc) is 2.74. The molecule has 1 aliphatic carbocycles. The second-order valence-corrected chi connectivity index (χ2v) is 4.04. The van der Waals surface area contributed by atoms with Crippen LogP contribution in [-0.2, 0) is 6.42 Å². The van der Waals surface area contributed by atoms with Gasteiger partial charge in [0.15, 0.2) is 0 Å². The molecule has 1 nitrogen and oxygen atoms in total. The summed E-state index contributed by atoms with van der Waals surface area (Å²) in [5.74, 6) is 0. The fraction of sp³-hybridized carbons (Fsp3) is 0.357. The Morgan fingerprint density at radius 1 is 1.20 bits per heavy atom. The van der Waals surface area contributed by atoms with Gasteiger partial charge < -0.3 is 0 Å². The Morgan fingerprint density at radius 3 is 2.67 bits per heavy atom. The van der Waals surface area contributed by atoms with E-state index in [1.54, 1.807) is 5.57 Å². The minimum atomic E-state index is 0.514. The predicted molar refractivity (Wildman–Crippen MR) is 62.2 cm³/mol. The standard InChI is InChI=1S/C14H15N/c15-10-9-13-7-3-4-8-14(13)11-12-5-1-2-6-12/h3-4,7-8,11H,1-2,5-6,9H2. The molecule has 0 heterocycles. The van der Waals surface area contributed by atoms with E-state index in [4.69, 9.17) is 5.26 Å². The summed E-state index contributed by atoms with van der Waals surface area (Å²) in [6, 6.07) is 10.4. The van der Waals surface area contributed by atoms with Crippen LogP contribution >= 0.6 is 0 Å². The van der Waals surface area contributed by atoms with E-state index in [1.165, 1.54) is 31.2 Å². The van der Waals surface area contributed by atoms with Gasteiger partial charge in [-0.05, 0) is 36.8 Å². The van der Waals surface area contributed by atoms with Crippen LogP contribution < -0.4 is 0 Å². The predicted octanol–water partition coefficient (Wildman–Crippen LogP) is 3.71. The minimum absolute atomic E-state index is 0.514. The third-order valence-corrected chi connectivity index (χ3v) is 2.93. The molecule has 0 radical (unpaired) electrons. The largest absolute Gasteiger partial charge is 0.198 e. The molecule has 1 aromatic carbocycles. The molecule has 15 heavy (non-hydrogen) atoms. The first kappa shape index (κ1) is 9.98. The van der Waals surface area contributed by atoms with Crippen molar-refractivity contribution in [2.75, 3.05) is 0 Å². The normalized spacial score (nSPS) is 15.0. The van der Waals surface area contributed by atoms with Crippen molar-refractivity contribution in [1.82, 2.24) is 0 Å². The lowest BCUT2D eigenvalue weighted by Crippen LogP contribution is -1.87. The summed E-state index contributed by atoms with van der Waals surface area (Å²) >= 11 is 0. The maximum absolute atomic E-state index is 8.73. The van der Waals surface area contributed by atoms with Gasteiger partial charge in [-0.3, -0.25) is 0 Å². The Morgan fingerprint density at radius 2 is 1.93 bits per heavy atom. The first-order valence-corrected chi connectivity index (χ1v) is 5.54. The van der Waals surface area contributed by atoms with Crippen molar-refractivity contribution in [2.45, 2.75) is 32.1 Å². The van der Waals surface area contributed by atoms with Gasteiger partial charge in [0, 0.05) is 0 Å². The van der Waals surface area contributed by atoms with Crippen LogP contribution in [0.15, 0.2) is 29.8 Å². The van der Waals surface area contributed by atoms with Crippen molar-refractivity contribution >= 4 is 6.08 Å². The Kier molecular flexibility index (Phi) is 3.19.